The van der Waals surface area contributed by atoms with Crippen molar-refractivity contribution in [2.75, 3.05) is 0 Å². The topological polar surface area (TPSA) is 0 Å². The van der Waals surface area contributed by atoms with Crippen molar-refractivity contribution in [2.24, 2.45) is 5.92 Å². The van der Waals surface area contributed by atoms with Gasteiger partial charge in [-0.1, -0.05) is 61.9 Å². The lowest BCUT2D eigenvalue weighted by Gasteiger charge is -2.21. The molecule has 0 aliphatic heterocycles. The Labute approximate surface area is 137 Å². The van der Waals surface area contributed by atoms with Gasteiger partial charge in [-0.3, -0.25) is 0 Å². The van der Waals surface area contributed by atoms with E-state index < -0.39 is 11.6 Å². The molecule has 1 saturated carbocycles. The van der Waals surface area contributed by atoms with Gasteiger partial charge < -0.3 is 0 Å². The summed E-state index contributed by atoms with van der Waals surface area (Å²) in [4.78, 5) is 0. The van der Waals surface area contributed by atoms with Crippen LogP contribution in [0.2, 0.25) is 0 Å². The van der Waals surface area contributed by atoms with E-state index >= 15 is 0 Å². The van der Waals surface area contributed by atoms with Gasteiger partial charge in [0.05, 0.1) is 5.56 Å². The van der Waals surface area contributed by atoms with E-state index in [4.69, 9.17) is 0 Å². The minimum atomic E-state index is -0.451. The molecule has 3 rings (SSSR count). The van der Waals surface area contributed by atoms with Gasteiger partial charge >= 0.3 is 0 Å². The van der Waals surface area contributed by atoms with E-state index in [1.54, 1.807) is 12.1 Å². The average Bonchev–Trinajstić information content (AvgIpc) is 2.55. The highest BCUT2D eigenvalue weighted by molar-refractivity contribution is 5.65. The lowest BCUT2D eigenvalue weighted by Crippen LogP contribution is -2.07. The molecule has 0 amide bonds. The summed E-state index contributed by atoms with van der Waals surface area (Å²) < 4.78 is 28.8. The maximum atomic E-state index is 14.4. The zero-order valence-corrected chi connectivity index (χ0v) is 13.7. The van der Waals surface area contributed by atoms with Gasteiger partial charge in [-0.05, 0) is 48.9 Å². The summed E-state index contributed by atoms with van der Waals surface area (Å²) in [6.07, 6.45) is 8.30. The van der Waals surface area contributed by atoms with Gasteiger partial charge in [0.15, 0.2) is 0 Å². The second-order valence-corrected chi connectivity index (χ2v) is 6.84. The van der Waals surface area contributed by atoms with Crippen LogP contribution in [0.4, 0.5) is 8.78 Å². The summed E-state index contributed by atoms with van der Waals surface area (Å²) >= 11 is 0. The summed E-state index contributed by atoms with van der Waals surface area (Å²) in [6.45, 7) is 1.96. The molecule has 2 aromatic carbocycles. The number of halogens is 2. The Balaban J connectivity index is 1.75. The van der Waals surface area contributed by atoms with Gasteiger partial charge in [0, 0.05) is 0 Å². The first-order valence-corrected chi connectivity index (χ1v) is 8.68. The van der Waals surface area contributed by atoms with Crippen LogP contribution < -0.4 is 0 Å². The van der Waals surface area contributed by atoms with Crippen molar-refractivity contribution < 1.29 is 8.78 Å². The van der Waals surface area contributed by atoms with Gasteiger partial charge in [0.1, 0.15) is 11.6 Å². The quantitative estimate of drug-likeness (QED) is 0.608. The van der Waals surface area contributed by atoms with Crippen LogP contribution in [-0.2, 0) is 6.42 Å². The zero-order valence-electron chi connectivity index (χ0n) is 13.7. The highest BCUT2D eigenvalue weighted by Crippen LogP contribution is 2.30. The summed E-state index contributed by atoms with van der Waals surface area (Å²) in [5.41, 5.74) is 2.55. The standard InChI is InChI=1S/C21H24F2/c1-15-7-11-18(12-8-15)21-19(22)13-17(14-20(21)23)10-9-16-5-3-2-4-6-16/h7-8,11-14,16H,2-6,9-10H2,1H3. The van der Waals surface area contributed by atoms with Crippen molar-refractivity contribution in [3.05, 3.63) is 59.2 Å². The molecular formula is C21H24F2. The normalized spacial score (nSPS) is 15.8. The maximum Gasteiger partial charge on any atom is 0.134 e. The van der Waals surface area contributed by atoms with Gasteiger partial charge in [0.2, 0.25) is 0 Å². The Hall–Kier alpha value is -1.70. The number of aryl methyl sites for hydroxylation is 2. The third-order valence-corrected chi connectivity index (χ3v) is 5.01. The fourth-order valence-corrected chi connectivity index (χ4v) is 3.61. The Morgan fingerprint density at radius 3 is 2.13 bits per heavy atom. The summed E-state index contributed by atoms with van der Waals surface area (Å²) in [5.74, 6) is -0.174. The summed E-state index contributed by atoms with van der Waals surface area (Å²) in [6, 6.07) is 10.3. The minimum absolute atomic E-state index is 0.0893. The van der Waals surface area contributed by atoms with Crippen LogP contribution in [0.25, 0.3) is 11.1 Å². The molecule has 0 atom stereocenters. The molecule has 1 fully saturated rings. The molecule has 0 aromatic heterocycles. The Bertz CT molecular complexity index is 629. The van der Waals surface area contributed by atoms with E-state index in [2.05, 4.69) is 0 Å². The van der Waals surface area contributed by atoms with Crippen LogP contribution in [0.3, 0.4) is 0 Å². The van der Waals surface area contributed by atoms with Gasteiger partial charge in [-0.25, -0.2) is 8.78 Å². The highest BCUT2D eigenvalue weighted by atomic mass is 19.1. The molecule has 0 unspecified atom stereocenters. The van der Waals surface area contributed by atoms with E-state index in [1.165, 1.54) is 44.2 Å². The third kappa shape index (κ3) is 3.99. The predicted octanol–water partition coefficient (Wildman–Crippen LogP) is 6.45. The first-order valence-electron chi connectivity index (χ1n) is 8.68. The van der Waals surface area contributed by atoms with Crippen molar-refractivity contribution >= 4 is 0 Å². The van der Waals surface area contributed by atoms with Crippen LogP contribution in [0, 0.1) is 24.5 Å². The van der Waals surface area contributed by atoms with E-state index in [0.29, 0.717) is 5.56 Å². The molecule has 0 nitrogen and oxygen atoms in total. The maximum absolute atomic E-state index is 14.4. The number of benzene rings is 2. The first-order chi connectivity index (χ1) is 11.1. The molecule has 1 aliphatic rings. The van der Waals surface area contributed by atoms with Crippen molar-refractivity contribution in [2.45, 2.75) is 51.9 Å². The van der Waals surface area contributed by atoms with Crippen molar-refractivity contribution in [3.8, 4) is 11.1 Å². The minimum Gasteiger partial charge on any atom is -0.206 e. The van der Waals surface area contributed by atoms with Crippen LogP contribution in [0.15, 0.2) is 36.4 Å². The second-order valence-electron chi connectivity index (χ2n) is 6.84. The fourth-order valence-electron chi connectivity index (χ4n) is 3.61. The SMILES string of the molecule is Cc1ccc(-c2c(F)cc(CCC3CCCCC3)cc2F)cc1. The highest BCUT2D eigenvalue weighted by Gasteiger charge is 2.16. The van der Waals surface area contributed by atoms with Crippen LogP contribution in [-0.4, -0.2) is 0 Å². The molecule has 0 N–H and O–H groups in total. The molecule has 0 heterocycles. The van der Waals surface area contributed by atoms with Crippen LogP contribution in [0.1, 0.15) is 49.7 Å². The lowest BCUT2D eigenvalue weighted by atomic mass is 9.85. The molecular weight excluding hydrogens is 290 g/mol. The molecule has 2 aromatic rings. The molecule has 23 heavy (non-hydrogen) atoms. The Kier molecular flexibility index (Phi) is 5.09. The van der Waals surface area contributed by atoms with Gasteiger partial charge in [-0.15, -0.1) is 0 Å². The first kappa shape index (κ1) is 16.2. The molecule has 0 radical (unpaired) electrons. The van der Waals surface area contributed by atoms with E-state index in [1.807, 2.05) is 19.1 Å². The smallest absolute Gasteiger partial charge is 0.134 e. The number of rotatable bonds is 4. The fraction of sp³-hybridized carbons (Fsp3) is 0.429. The molecule has 122 valence electrons. The van der Waals surface area contributed by atoms with Gasteiger partial charge in [-0.2, -0.15) is 0 Å². The second kappa shape index (κ2) is 7.25. The Morgan fingerprint density at radius 2 is 1.52 bits per heavy atom. The third-order valence-electron chi connectivity index (χ3n) is 5.01. The van der Waals surface area contributed by atoms with E-state index in [0.717, 1.165) is 29.9 Å². The molecule has 0 saturated heterocycles. The predicted molar refractivity (Wildman–Crippen MR) is 91.4 cm³/mol. The Morgan fingerprint density at radius 1 is 0.913 bits per heavy atom. The number of hydrogen-bond donors (Lipinski definition) is 0. The lowest BCUT2D eigenvalue weighted by molar-refractivity contribution is 0.339. The van der Waals surface area contributed by atoms with E-state index in [-0.39, 0.29) is 5.56 Å². The van der Waals surface area contributed by atoms with Gasteiger partial charge in [0.25, 0.3) is 0 Å². The van der Waals surface area contributed by atoms with Crippen molar-refractivity contribution in [1.29, 1.82) is 0 Å². The van der Waals surface area contributed by atoms with Crippen molar-refractivity contribution in [1.82, 2.24) is 0 Å². The molecule has 0 bridgehead atoms. The van der Waals surface area contributed by atoms with Crippen LogP contribution >= 0.6 is 0 Å². The molecule has 2 heteroatoms. The summed E-state index contributed by atoms with van der Waals surface area (Å²) in [7, 11) is 0. The monoisotopic (exact) mass is 314 g/mol. The average molecular weight is 314 g/mol. The van der Waals surface area contributed by atoms with Crippen molar-refractivity contribution in [3.63, 3.8) is 0 Å². The van der Waals surface area contributed by atoms with Crippen LogP contribution in [0.5, 0.6) is 0 Å². The largest absolute Gasteiger partial charge is 0.206 e. The zero-order chi connectivity index (χ0) is 16.2. The molecule has 0 spiro atoms. The summed E-state index contributed by atoms with van der Waals surface area (Å²) in [5, 5.41) is 0. The molecule has 1 aliphatic carbocycles. The van der Waals surface area contributed by atoms with E-state index in [9.17, 15) is 8.78 Å². The number of hydrogen-bond acceptors (Lipinski definition) is 0.